The Morgan fingerprint density at radius 3 is 2.88 bits per heavy atom. The highest BCUT2D eigenvalue weighted by atomic mass is 79.9. The van der Waals surface area contributed by atoms with Crippen molar-refractivity contribution in [1.82, 2.24) is 9.88 Å². The Labute approximate surface area is 104 Å². The lowest BCUT2D eigenvalue weighted by molar-refractivity contribution is 0.0928. The van der Waals surface area contributed by atoms with Crippen molar-refractivity contribution in [2.24, 2.45) is 7.05 Å². The molecule has 1 aromatic heterocycles. The molecule has 0 fully saturated rings. The summed E-state index contributed by atoms with van der Waals surface area (Å²) in [7, 11) is 1.84. The summed E-state index contributed by atoms with van der Waals surface area (Å²) in [6, 6.07) is 1.84. The number of aryl methyl sites for hydroxylation is 1. The van der Waals surface area contributed by atoms with E-state index < -0.39 is 0 Å². The van der Waals surface area contributed by atoms with Gasteiger partial charge in [0.05, 0.1) is 0 Å². The topological polar surface area (TPSA) is 34.0 Å². The minimum absolute atomic E-state index is 0.0474. The molecule has 0 saturated heterocycles. The number of amides is 1. The Bertz CT molecular complexity index is 417. The minimum Gasteiger partial charge on any atom is -0.347 e. The van der Waals surface area contributed by atoms with Crippen LogP contribution >= 0.6 is 15.9 Å². The zero-order valence-electron chi connectivity index (χ0n) is 9.46. The molecule has 0 saturated carbocycles. The summed E-state index contributed by atoms with van der Waals surface area (Å²) in [5.41, 5.74) is 0.627. The molecule has 1 amide bonds. The van der Waals surface area contributed by atoms with Gasteiger partial charge in [0.15, 0.2) is 0 Å². The number of halogens is 1. The maximum Gasteiger partial charge on any atom is 0.268 e. The first kappa shape index (κ1) is 12.9. The maximum absolute atomic E-state index is 11.9. The van der Waals surface area contributed by atoms with Crippen molar-refractivity contribution < 1.29 is 4.79 Å². The van der Waals surface area contributed by atoms with Gasteiger partial charge in [0.2, 0.25) is 0 Å². The average Bonchev–Trinajstić information content (AvgIpc) is 2.57. The van der Waals surface area contributed by atoms with Gasteiger partial charge in [-0.2, -0.15) is 0 Å². The van der Waals surface area contributed by atoms with Crippen molar-refractivity contribution in [3.63, 3.8) is 0 Å². The third kappa shape index (κ3) is 3.14. The van der Waals surface area contributed by atoms with Crippen LogP contribution in [0.3, 0.4) is 0 Å². The van der Waals surface area contributed by atoms with E-state index in [1.807, 2.05) is 20.2 Å². The molecule has 16 heavy (non-hydrogen) atoms. The average molecular weight is 283 g/mol. The lowest BCUT2D eigenvalue weighted by Crippen LogP contribution is -2.35. The first-order chi connectivity index (χ1) is 7.58. The van der Waals surface area contributed by atoms with Crippen molar-refractivity contribution in [3.05, 3.63) is 22.4 Å². The number of aromatic nitrogens is 1. The van der Waals surface area contributed by atoms with Crippen LogP contribution in [-0.2, 0) is 7.05 Å². The smallest absolute Gasteiger partial charge is 0.268 e. The molecule has 1 rings (SSSR count). The van der Waals surface area contributed by atoms with Crippen LogP contribution in [0.5, 0.6) is 0 Å². The van der Waals surface area contributed by atoms with Crippen LogP contribution in [0, 0.1) is 12.3 Å². The van der Waals surface area contributed by atoms with E-state index in [0.717, 1.165) is 10.9 Å². The normalized spacial score (nSPS) is 11.9. The largest absolute Gasteiger partial charge is 0.347 e. The van der Waals surface area contributed by atoms with Gasteiger partial charge < -0.3 is 9.88 Å². The van der Waals surface area contributed by atoms with Crippen LogP contribution in [0.25, 0.3) is 0 Å². The Morgan fingerprint density at radius 2 is 2.44 bits per heavy atom. The van der Waals surface area contributed by atoms with E-state index >= 15 is 0 Å². The van der Waals surface area contributed by atoms with Crippen LogP contribution in [0.4, 0.5) is 0 Å². The van der Waals surface area contributed by atoms with E-state index in [0.29, 0.717) is 12.1 Å². The summed E-state index contributed by atoms with van der Waals surface area (Å²) in [6.45, 7) is 2.00. The van der Waals surface area contributed by atoms with Gasteiger partial charge in [-0.15, -0.1) is 12.3 Å². The third-order valence-electron chi connectivity index (χ3n) is 2.40. The van der Waals surface area contributed by atoms with Crippen molar-refractivity contribution in [2.45, 2.75) is 25.8 Å². The number of rotatable bonds is 4. The van der Waals surface area contributed by atoms with Gasteiger partial charge in [-0.3, -0.25) is 4.79 Å². The van der Waals surface area contributed by atoms with E-state index in [9.17, 15) is 4.79 Å². The monoisotopic (exact) mass is 282 g/mol. The third-order valence-corrected chi connectivity index (χ3v) is 2.83. The molecule has 1 N–H and O–H groups in total. The fraction of sp³-hybridized carbons (Fsp3) is 0.417. The molecule has 0 bridgehead atoms. The Morgan fingerprint density at radius 1 is 1.75 bits per heavy atom. The number of carbonyl (C=O) groups excluding carboxylic acids is 1. The van der Waals surface area contributed by atoms with Gasteiger partial charge in [-0.1, -0.05) is 6.92 Å². The first-order valence-corrected chi connectivity index (χ1v) is 5.94. The molecule has 0 aliphatic heterocycles. The predicted molar refractivity (Wildman–Crippen MR) is 68.1 cm³/mol. The molecule has 4 heteroatoms. The first-order valence-electron chi connectivity index (χ1n) is 5.14. The summed E-state index contributed by atoms with van der Waals surface area (Å²) >= 11 is 3.33. The zero-order valence-corrected chi connectivity index (χ0v) is 11.0. The number of nitrogens with one attached hydrogen (secondary N) is 1. The molecular weight excluding hydrogens is 268 g/mol. The lowest BCUT2D eigenvalue weighted by Gasteiger charge is -2.14. The summed E-state index contributed by atoms with van der Waals surface area (Å²) < 4.78 is 2.67. The van der Waals surface area contributed by atoms with E-state index in [1.165, 1.54) is 0 Å². The Balaban J connectivity index is 2.72. The number of hydrogen-bond acceptors (Lipinski definition) is 1. The number of nitrogens with zero attached hydrogens (tertiary/aromatic N) is 1. The van der Waals surface area contributed by atoms with Crippen LogP contribution in [0.1, 0.15) is 30.3 Å². The molecule has 1 aromatic rings. The van der Waals surface area contributed by atoms with E-state index in [2.05, 4.69) is 27.2 Å². The molecule has 1 heterocycles. The molecule has 1 atom stereocenters. The van der Waals surface area contributed by atoms with Crippen molar-refractivity contribution in [1.29, 1.82) is 0 Å². The van der Waals surface area contributed by atoms with Crippen LogP contribution < -0.4 is 5.32 Å². The molecule has 1 unspecified atom stereocenters. The van der Waals surface area contributed by atoms with Crippen LogP contribution in [0.15, 0.2) is 16.7 Å². The van der Waals surface area contributed by atoms with Gasteiger partial charge in [0, 0.05) is 30.2 Å². The van der Waals surface area contributed by atoms with Crippen molar-refractivity contribution in [3.8, 4) is 12.3 Å². The Kier molecular flexibility index (Phi) is 4.63. The zero-order chi connectivity index (χ0) is 12.1. The van der Waals surface area contributed by atoms with Gasteiger partial charge in [-0.25, -0.2) is 0 Å². The number of hydrogen-bond donors (Lipinski definition) is 1. The quantitative estimate of drug-likeness (QED) is 0.845. The minimum atomic E-state index is -0.0877. The molecule has 0 spiro atoms. The Hall–Kier alpha value is -1.21. The molecule has 0 radical (unpaired) electrons. The van der Waals surface area contributed by atoms with Gasteiger partial charge in [0.1, 0.15) is 5.69 Å². The molecule has 0 aromatic carbocycles. The second-order valence-corrected chi connectivity index (χ2v) is 4.56. The highest BCUT2D eigenvalue weighted by Gasteiger charge is 2.14. The van der Waals surface area contributed by atoms with E-state index in [1.54, 1.807) is 10.6 Å². The highest BCUT2D eigenvalue weighted by molar-refractivity contribution is 9.10. The van der Waals surface area contributed by atoms with E-state index in [-0.39, 0.29) is 11.9 Å². The molecule has 3 nitrogen and oxygen atoms in total. The second kappa shape index (κ2) is 5.76. The lowest BCUT2D eigenvalue weighted by atomic mass is 10.1. The van der Waals surface area contributed by atoms with Crippen LogP contribution in [-0.4, -0.2) is 16.5 Å². The molecule has 0 aliphatic rings. The molecular formula is C12H15BrN2O. The van der Waals surface area contributed by atoms with Crippen LogP contribution in [0.2, 0.25) is 0 Å². The fourth-order valence-electron chi connectivity index (χ4n) is 1.45. The standard InChI is InChI=1S/C12H15BrN2O/c1-4-6-10(5-2)14-12(16)11-7-9(13)8-15(11)3/h1,7-8,10H,5-6H2,2-3H3,(H,14,16). The van der Waals surface area contributed by atoms with Gasteiger partial charge >= 0.3 is 0 Å². The highest BCUT2D eigenvalue weighted by Crippen LogP contribution is 2.13. The number of terminal acetylenes is 1. The second-order valence-electron chi connectivity index (χ2n) is 3.64. The summed E-state index contributed by atoms with van der Waals surface area (Å²) in [4.78, 5) is 11.9. The SMILES string of the molecule is C#CCC(CC)NC(=O)c1cc(Br)cn1C. The van der Waals surface area contributed by atoms with Gasteiger partial charge in [-0.05, 0) is 28.4 Å². The van der Waals surface area contributed by atoms with Gasteiger partial charge in [0.25, 0.3) is 5.91 Å². The predicted octanol–water partition coefficient (Wildman–Crippen LogP) is 2.32. The summed E-state index contributed by atoms with van der Waals surface area (Å²) in [5, 5.41) is 2.91. The maximum atomic E-state index is 11.9. The molecule has 86 valence electrons. The van der Waals surface area contributed by atoms with Crippen molar-refractivity contribution >= 4 is 21.8 Å². The van der Waals surface area contributed by atoms with Crippen molar-refractivity contribution in [2.75, 3.05) is 0 Å². The fourth-order valence-corrected chi connectivity index (χ4v) is 1.97. The molecule has 0 aliphatic carbocycles. The summed E-state index contributed by atoms with van der Waals surface area (Å²) in [6.07, 6.45) is 8.48. The summed E-state index contributed by atoms with van der Waals surface area (Å²) in [5.74, 6) is 2.48. The number of carbonyl (C=O) groups is 1. The van der Waals surface area contributed by atoms with E-state index in [4.69, 9.17) is 6.42 Å².